The summed E-state index contributed by atoms with van der Waals surface area (Å²) in [6.07, 6.45) is 0.978. The zero-order valence-corrected chi connectivity index (χ0v) is 25.1. The van der Waals surface area contributed by atoms with Gasteiger partial charge in [0.15, 0.2) is 5.75 Å². The molecule has 0 saturated carbocycles. The Morgan fingerprint density at radius 2 is 2.05 bits per heavy atom. The molecule has 4 heterocycles. The Bertz CT molecular complexity index is 1650. The zero-order valence-electron chi connectivity index (χ0n) is 23.3. The molecule has 0 bridgehead atoms. The second kappa shape index (κ2) is 11.6. The summed E-state index contributed by atoms with van der Waals surface area (Å²) in [5.41, 5.74) is -0.447. The molecule has 1 aromatic heterocycles. The van der Waals surface area contributed by atoms with Crippen molar-refractivity contribution in [1.82, 2.24) is 19.4 Å². The third kappa shape index (κ3) is 5.42. The van der Waals surface area contributed by atoms with E-state index in [1.165, 1.54) is 28.8 Å². The van der Waals surface area contributed by atoms with Gasteiger partial charge in [-0.3, -0.25) is 14.3 Å². The van der Waals surface area contributed by atoms with Crippen LogP contribution in [-0.2, 0) is 4.79 Å². The number of nitrogens with zero attached hydrogens (tertiary/aromatic N) is 5. The van der Waals surface area contributed by atoms with Crippen molar-refractivity contribution in [2.75, 3.05) is 50.8 Å². The number of phenolic OH excluding ortho intramolecular Hbond substituents is 1. The number of amides is 1. The summed E-state index contributed by atoms with van der Waals surface area (Å²) in [7, 11) is 0. The number of ether oxygens (including phenoxy) is 1. The number of phenols is 1. The van der Waals surface area contributed by atoms with Gasteiger partial charge in [-0.05, 0) is 31.2 Å². The van der Waals surface area contributed by atoms with Gasteiger partial charge in [0, 0.05) is 50.6 Å². The predicted molar refractivity (Wildman–Crippen MR) is 163 cm³/mol. The maximum atomic E-state index is 15.1. The number of piperazine rings is 1. The summed E-state index contributed by atoms with van der Waals surface area (Å²) in [6, 6.07) is 4.51. The summed E-state index contributed by atoms with van der Waals surface area (Å²) in [6.45, 7) is 6.32. The number of aromatic nitrogens is 2. The van der Waals surface area contributed by atoms with Crippen LogP contribution in [-0.4, -0.2) is 88.2 Å². The Balaban J connectivity index is 0.00000368. The van der Waals surface area contributed by atoms with Gasteiger partial charge in [-0.15, -0.1) is 0 Å². The number of aromatic hydroxyl groups is 1. The average molecular weight is 638 g/mol. The van der Waals surface area contributed by atoms with Gasteiger partial charge in [-0.2, -0.15) is 18.5 Å². The van der Waals surface area contributed by atoms with Crippen LogP contribution in [0.1, 0.15) is 19.4 Å². The fraction of sp³-hybridized carbons (Fsp3) is 0.414. The van der Waals surface area contributed by atoms with Crippen molar-refractivity contribution in [3.8, 4) is 22.6 Å². The molecule has 43 heavy (non-hydrogen) atoms. The standard InChI is InChI=1S/C29H29ClF3N5O4.H2S/c1-3-22(40)36-9-10-37(16(2)12-36)27-18-11-19(30)23(24-20(31)5-4-6-21(24)39)26-25(18)38(28(41)34-27)17(14-42-26)13-35-8-7-29(32,33)15-35;/h3-6,11,16-17,39H,1,7-10,12-15H2,2H3;1H2/t16-,17-;/m0./s1. The van der Waals surface area contributed by atoms with Crippen LogP contribution in [0, 0.1) is 5.82 Å². The van der Waals surface area contributed by atoms with Crippen molar-refractivity contribution in [3.63, 3.8) is 0 Å². The van der Waals surface area contributed by atoms with Gasteiger partial charge in [-0.25, -0.2) is 18.0 Å². The van der Waals surface area contributed by atoms with E-state index in [4.69, 9.17) is 16.3 Å². The van der Waals surface area contributed by atoms with Gasteiger partial charge in [0.1, 0.15) is 24.0 Å². The molecule has 2 aromatic carbocycles. The molecule has 0 unspecified atom stereocenters. The molecule has 1 amide bonds. The Kier molecular flexibility index (Phi) is 8.36. The highest BCUT2D eigenvalue weighted by Gasteiger charge is 2.41. The first kappa shape index (κ1) is 31.0. The second-order valence-electron chi connectivity index (χ2n) is 11.0. The first-order chi connectivity index (χ1) is 20.0. The SMILES string of the molecule is C=CC(=O)N1CCN(c2nc(=O)n3c4c(c(-c5c(O)cccc5F)c(Cl)cc24)OC[C@@H]3CN2CCC(F)(F)C2)[C@@H](C)C1.S. The quantitative estimate of drug-likeness (QED) is 0.420. The highest BCUT2D eigenvalue weighted by atomic mass is 35.5. The molecule has 0 aliphatic carbocycles. The monoisotopic (exact) mass is 637 g/mol. The third-order valence-electron chi connectivity index (χ3n) is 8.23. The van der Waals surface area contributed by atoms with Crippen LogP contribution in [0.4, 0.5) is 19.0 Å². The molecular weight excluding hydrogens is 607 g/mol. The maximum absolute atomic E-state index is 15.1. The number of hydrogen-bond donors (Lipinski definition) is 1. The number of carbonyl (C=O) groups excluding carboxylic acids is 1. The zero-order chi connectivity index (χ0) is 29.9. The number of rotatable bonds is 5. The van der Waals surface area contributed by atoms with Crippen molar-refractivity contribution in [2.45, 2.75) is 31.4 Å². The molecule has 9 nitrogen and oxygen atoms in total. The number of carbonyl (C=O) groups is 1. The van der Waals surface area contributed by atoms with E-state index in [1.54, 1.807) is 15.9 Å². The topological polar surface area (TPSA) is 91.1 Å². The lowest BCUT2D eigenvalue weighted by molar-refractivity contribution is -0.126. The number of benzene rings is 2. The summed E-state index contributed by atoms with van der Waals surface area (Å²) in [5, 5.41) is 11.1. The number of hydrogen-bond acceptors (Lipinski definition) is 7. The molecule has 2 atom stereocenters. The van der Waals surface area contributed by atoms with Crippen LogP contribution < -0.4 is 15.3 Å². The van der Waals surface area contributed by atoms with Gasteiger partial charge in [0.05, 0.1) is 34.3 Å². The summed E-state index contributed by atoms with van der Waals surface area (Å²) in [4.78, 5) is 35.6. The van der Waals surface area contributed by atoms with Crippen molar-refractivity contribution < 1.29 is 27.8 Å². The molecule has 2 fully saturated rings. The number of likely N-dealkylation sites (tertiary alicyclic amines) is 1. The molecule has 2 saturated heterocycles. The Labute approximate surface area is 257 Å². The van der Waals surface area contributed by atoms with Gasteiger partial charge >= 0.3 is 5.69 Å². The van der Waals surface area contributed by atoms with E-state index in [9.17, 15) is 23.5 Å². The Morgan fingerprint density at radius 1 is 1.28 bits per heavy atom. The summed E-state index contributed by atoms with van der Waals surface area (Å²) >= 11 is 6.77. The molecule has 3 aliphatic heterocycles. The van der Waals surface area contributed by atoms with Crippen molar-refractivity contribution >= 4 is 47.7 Å². The lowest BCUT2D eigenvalue weighted by Gasteiger charge is -2.41. The van der Waals surface area contributed by atoms with E-state index < -0.39 is 30.0 Å². The van der Waals surface area contributed by atoms with Gasteiger partial charge in [-0.1, -0.05) is 24.2 Å². The Morgan fingerprint density at radius 3 is 2.70 bits per heavy atom. The number of alkyl halides is 2. The molecule has 0 radical (unpaired) electrons. The lowest BCUT2D eigenvalue weighted by atomic mass is 9.98. The fourth-order valence-electron chi connectivity index (χ4n) is 6.27. The van der Waals surface area contributed by atoms with Gasteiger partial charge in [0.2, 0.25) is 5.91 Å². The smallest absolute Gasteiger partial charge is 0.350 e. The molecule has 230 valence electrons. The highest BCUT2D eigenvalue weighted by molar-refractivity contribution is 7.59. The van der Waals surface area contributed by atoms with Crippen LogP contribution in [0.25, 0.3) is 22.0 Å². The molecule has 14 heteroatoms. The lowest BCUT2D eigenvalue weighted by Crippen LogP contribution is -2.54. The molecule has 6 rings (SSSR count). The number of halogens is 4. The van der Waals surface area contributed by atoms with E-state index in [1.807, 2.05) is 11.8 Å². The van der Waals surface area contributed by atoms with Crippen LogP contribution in [0.2, 0.25) is 5.02 Å². The van der Waals surface area contributed by atoms with E-state index in [0.29, 0.717) is 30.8 Å². The highest BCUT2D eigenvalue weighted by Crippen LogP contribution is 2.49. The van der Waals surface area contributed by atoms with E-state index in [2.05, 4.69) is 11.6 Å². The molecule has 3 aliphatic rings. The minimum absolute atomic E-state index is 0. The fourth-order valence-corrected chi connectivity index (χ4v) is 6.56. The van der Waals surface area contributed by atoms with Crippen molar-refractivity contribution in [3.05, 3.63) is 58.2 Å². The van der Waals surface area contributed by atoms with Crippen LogP contribution >= 0.6 is 25.1 Å². The molecule has 3 aromatic rings. The van der Waals surface area contributed by atoms with Gasteiger partial charge < -0.3 is 19.6 Å². The average Bonchev–Trinajstić information content (AvgIpc) is 3.29. The van der Waals surface area contributed by atoms with Crippen LogP contribution in [0.3, 0.4) is 0 Å². The first-order valence-electron chi connectivity index (χ1n) is 13.7. The predicted octanol–water partition coefficient (Wildman–Crippen LogP) is 4.17. The first-order valence-corrected chi connectivity index (χ1v) is 14.0. The summed E-state index contributed by atoms with van der Waals surface area (Å²) in [5.74, 6) is -3.71. The van der Waals surface area contributed by atoms with Crippen LogP contribution in [0.5, 0.6) is 11.5 Å². The van der Waals surface area contributed by atoms with E-state index in [-0.39, 0.29) is 84.7 Å². The van der Waals surface area contributed by atoms with Crippen LogP contribution in [0.15, 0.2) is 41.7 Å². The van der Waals surface area contributed by atoms with E-state index >= 15 is 4.39 Å². The summed E-state index contributed by atoms with van der Waals surface area (Å²) < 4.78 is 50.7. The van der Waals surface area contributed by atoms with E-state index in [0.717, 1.165) is 0 Å². The molecule has 1 N–H and O–H groups in total. The molecular formula is C29H31ClF3N5O4S. The maximum Gasteiger partial charge on any atom is 0.350 e. The largest absolute Gasteiger partial charge is 0.507 e. The third-order valence-corrected chi connectivity index (χ3v) is 8.53. The minimum atomic E-state index is -2.82. The normalized spacial score (nSPS) is 21.4. The molecule has 0 spiro atoms. The second-order valence-corrected chi connectivity index (χ2v) is 11.4. The Hall–Kier alpha value is -3.42. The van der Waals surface area contributed by atoms with Crippen molar-refractivity contribution in [1.29, 1.82) is 0 Å². The number of anilines is 1. The van der Waals surface area contributed by atoms with Gasteiger partial charge in [0.25, 0.3) is 5.92 Å². The van der Waals surface area contributed by atoms with Crippen molar-refractivity contribution in [2.24, 2.45) is 0 Å². The minimum Gasteiger partial charge on any atom is -0.507 e.